The first kappa shape index (κ1) is 12.4. The van der Waals surface area contributed by atoms with Crippen LogP contribution in [0.1, 0.15) is 29.2 Å². The van der Waals surface area contributed by atoms with Gasteiger partial charge in [-0.1, -0.05) is 0 Å². The molecule has 18 heavy (non-hydrogen) atoms. The number of aromatic nitrogens is 2. The van der Waals surface area contributed by atoms with Crippen LogP contribution >= 0.6 is 27.3 Å². The lowest BCUT2D eigenvalue weighted by atomic mass is 10.4. The molecule has 5 heteroatoms. The minimum atomic E-state index is 0.740. The third-order valence-corrected chi connectivity index (χ3v) is 4.84. The van der Waals surface area contributed by atoms with Gasteiger partial charge in [0.25, 0.3) is 0 Å². The maximum absolute atomic E-state index is 4.43. The quantitative estimate of drug-likeness (QED) is 0.913. The molecular weight excluding hydrogens is 310 g/mol. The highest BCUT2D eigenvalue weighted by Crippen LogP contribution is 2.24. The SMILES string of the molecule is Cc1ncc(CNC2CC2)n1Cc1ccc(Br)s1. The summed E-state index contributed by atoms with van der Waals surface area (Å²) < 4.78 is 3.49. The van der Waals surface area contributed by atoms with Crippen LogP contribution < -0.4 is 5.32 Å². The number of hydrogen-bond acceptors (Lipinski definition) is 3. The molecule has 1 saturated carbocycles. The van der Waals surface area contributed by atoms with E-state index in [2.05, 4.69) is 49.9 Å². The first-order chi connectivity index (χ1) is 8.72. The van der Waals surface area contributed by atoms with E-state index in [1.54, 1.807) is 11.3 Å². The van der Waals surface area contributed by atoms with Gasteiger partial charge in [0, 0.05) is 23.7 Å². The Bertz CT molecular complexity index is 542. The Kier molecular flexibility index (Phi) is 3.54. The maximum atomic E-state index is 4.43. The number of thiophene rings is 1. The van der Waals surface area contributed by atoms with E-state index in [4.69, 9.17) is 0 Å². The highest BCUT2D eigenvalue weighted by molar-refractivity contribution is 9.11. The molecule has 1 fully saturated rings. The summed E-state index contributed by atoms with van der Waals surface area (Å²) in [6.07, 6.45) is 4.64. The first-order valence-corrected chi connectivity index (χ1v) is 7.82. The van der Waals surface area contributed by atoms with Gasteiger partial charge < -0.3 is 9.88 Å². The van der Waals surface area contributed by atoms with Crippen molar-refractivity contribution in [2.45, 2.75) is 38.9 Å². The molecule has 2 aromatic heterocycles. The summed E-state index contributed by atoms with van der Waals surface area (Å²) in [6, 6.07) is 5.02. The Balaban J connectivity index is 1.74. The number of nitrogens with one attached hydrogen (secondary N) is 1. The largest absolute Gasteiger partial charge is 0.326 e. The Labute approximate surface area is 119 Å². The number of imidazole rings is 1. The molecule has 0 saturated heterocycles. The third kappa shape index (κ3) is 2.84. The second-order valence-electron chi connectivity index (χ2n) is 4.74. The second-order valence-corrected chi connectivity index (χ2v) is 7.29. The fourth-order valence-electron chi connectivity index (χ4n) is 2.00. The van der Waals surface area contributed by atoms with Gasteiger partial charge in [0.1, 0.15) is 5.82 Å². The molecule has 3 nitrogen and oxygen atoms in total. The Morgan fingerprint density at radius 1 is 1.50 bits per heavy atom. The molecule has 2 heterocycles. The predicted octanol–water partition coefficient (Wildman–Crippen LogP) is 3.32. The van der Waals surface area contributed by atoms with Crippen molar-refractivity contribution in [3.63, 3.8) is 0 Å². The molecule has 0 aliphatic heterocycles. The molecule has 2 aromatic rings. The molecule has 1 aliphatic carbocycles. The lowest BCUT2D eigenvalue weighted by Crippen LogP contribution is -2.18. The van der Waals surface area contributed by atoms with Gasteiger partial charge >= 0.3 is 0 Å². The molecule has 1 N–H and O–H groups in total. The van der Waals surface area contributed by atoms with Gasteiger partial charge in [0.2, 0.25) is 0 Å². The zero-order valence-electron chi connectivity index (χ0n) is 10.3. The highest BCUT2D eigenvalue weighted by atomic mass is 79.9. The van der Waals surface area contributed by atoms with Crippen LogP contribution in [0.25, 0.3) is 0 Å². The van der Waals surface area contributed by atoms with Crippen molar-refractivity contribution in [2.24, 2.45) is 0 Å². The van der Waals surface area contributed by atoms with Crippen molar-refractivity contribution in [3.05, 3.63) is 38.5 Å². The molecule has 0 radical (unpaired) electrons. The number of hydrogen-bond donors (Lipinski definition) is 1. The van der Waals surface area contributed by atoms with Crippen LogP contribution in [0.4, 0.5) is 0 Å². The maximum Gasteiger partial charge on any atom is 0.106 e. The Hall–Kier alpha value is -0.650. The molecule has 0 spiro atoms. The van der Waals surface area contributed by atoms with Crippen molar-refractivity contribution in [3.8, 4) is 0 Å². The number of halogens is 1. The van der Waals surface area contributed by atoms with Crippen LogP contribution in [-0.4, -0.2) is 15.6 Å². The molecule has 0 aromatic carbocycles. The average molecular weight is 326 g/mol. The molecule has 0 unspecified atom stereocenters. The molecule has 0 amide bonds. The van der Waals surface area contributed by atoms with Gasteiger partial charge in [-0.2, -0.15) is 0 Å². The van der Waals surface area contributed by atoms with Gasteiger partial charge in [-0.25, -0.2) is 4.98 Å². The van der Waals surface area contributed by atoms with E-state index in [1.807, 2.05) is 6.20 Å². The van der Waals surface area contributed by atoms with E-state index in [-0.39, 0.29) is 0 Å². The van der Waals surface area contributed by atoms with E-state index in [9.17, 15) is 0 Å². The van der Waals surface area contributed by atoms with Gasteiger partial charge in [-0.15, -0.1) is 11.3 Å². The van der Waals surface area contributed by atoms with E-state index in [0.29, 0.717) is 0 Å². The molecule has 3 rings (SSSR count). The number of nitrogens with zero attached hydrogens (tertiary/aromatic N) is 2. The van der Waals surface area contributed by atoms with Crippen molar-refractivity contribution in [1.82, 2.24) is 14.9 Å². The monoisotopic (exact) mass is 325 g/mol. The fourth-order valence-corrected chi connectivity index (χ4v) is 3.47. The summed E-state index contributed by atoms with van der Waals surface area (Å²) in [5.74, 6) is 1.09. The van der Waals surface area contributed by atoms with Gasteiger partial charge in [0.15, 0.2) is 0 Å². The van der Waals surface area contributed by atoms with Crippen LogP contribution in [-0.2, 0) is 13.1 Å². The molecule has 0 atom stereocenters. The van der Waals surface area contributed by atoms with Crippen molar-refractivity contribution in [2.75, 3.05) is 0 Å². The molecule has 1 aliphatic rings. The summed E-state index contributed by atoms with van der Waals surface area (Å²) in [5, 5.41) is 3.55. The first-order valence-electron chi connectivity index (χ1n) is 6.21. The highest BCUT2D eigenvalue weighted by Gasteiger charge is 2.21. The zero-order valence-corrected chi connectivity index (χ0v) is 12.7. The predicted molar refractivity (Wildman–Crippen MR) is 77.9 cm³/mol. The minimum Gasteiger partial charge on any atom is -0.326 e. The van der Waals surface area contributed by atoms with E-state index < -0.39 is 0 Å². The topological polar surface area (TPSA) is 29.9 Å². The van der Waals surface area contributed by atoms with E-state index in [1.165, 1.54) is 27.2 Å². The van der Waals surface area contributed by atoms with Crippen LogP contribution in [0.3, 0.4) is 0 Å². The van der Waals surface area contributed by atoms with Crippen molar-refractivity contribution < 1.29 is 0 Å². The van der Waals surface area contributed by atoms with Crippen molar-refractivity contribution >= 4 is 27.3 Å². The van der Waals surface area contributed by atoms with Gasteiger partial charge in [-0.05, 0) is 47.8 Å². The smallest absolute Gasteiger partial charge is 0.106 e. The van der Waals surface area contributed by atoms with Gasteiger partial charge in [0.05, 0.1) is 16.0 Å². The summed E-state index contributed by atoms with van der Waals surface area (Å²) in [4.78, 5) is 5.79. The normalized spacial score (nSPS) is 15.2. The standard InChI is InChI=1S/C13H16BrN3S/c1-9-15-6-11(7-16-10-2-3-10)17(9)8-12-4-5-13(14)18-12/h4-6,10,16H,2-3,7-8H2,1H3. The molecule has 0 bridgehead atoms. The van der Waals surface area contributed by atoms with E-state index >= 15 is 0 Å². The van der Waals surface area contributed by atoms with Gasteiger partial charge in [-0.3, -0.25) is 0 Å². The Morgan fingerprint density at radius 2 is 2.33 bits per heavy atom. The zero-order chi connectivity index (χ0) is 12.5. The summed E-state index contributed by atoms with van der Waals surface area (Å²) in [6.45, 7) is 3.92. The third-order valence-electron chi connectivity index (χ3n) is 3.23. The van der Waals surface area contributed by atoms with Crippen molar-refractivity contribution in [1.29, 1.82) is 0 Å². The molecular formula is C13H16BrN3S. The van der Waals surface area contributed by atoms with Crippen LogP contribution in [0.2, 0.25) is 0 Å². The Morgan fingerprint density at radius 3 is 3.00 bits per heavy atom. The average Bonchev–Trinajstić information content (AvgIpc) is 3.00. The summed E-state index contributed by atoms with van der Waals surface area (Å²) >= 11 is 5.30. The van der Waals surface area contributed by atoms with Crippen LogP contribution in [0.15, 0.2) is 22.1 Å². The summed E-state index contributed by atoms with van der Waals surface area (Å²) in [7, 11) is 0. The lowest BCUT2D eigenvalue weighted by Gasteiger charge is -2.09. The fraction of sp³-hybridized carbons (Fsp3) is 0.462. The van der Waals surface area contributed by atoms with Crippen LogP contribution in [0, 0.1) is 6.92 Å². The van der Waals surface area contributed by atoms with Crippen LogP contribution in [0.5, 0.6) is 0 Å². The minimum absolute atomic E-state index is 0.740. The lowest BCUT2D eigenvalue weighted by molar-refractivity contribution is 0.629. The molecule has 96 valence electrons. The van der Waals surface area contributed by atoms with E-state index in [0.717, 1.165) is 25.0 Å². The summed E-state index contributed by atoms with van der Waals surface area (Å²) in [5.41, 5.74) is 1.28. The number of rotatable bonds is 5. The number of aryl methyl sites for hydroxylation is 1. The second kappa shape index (κ2) is 5.15.